The van der Waals surface area contributed by atoms with Crippen molar-refractivity contribution < 1.29 is 0 Å². The lowest BCUT2D eigenvalue weighted by atomic mass is 9.68. The lowest BCUT2D eigenvalue weighted by Crippen LogP contribution is -2.25. The topological polar surface area (TPSA) is 0 Å². The molecule has 1 aromatic carbocycles. The second-order valence-corrected chi connectivity index (χ2v) is 11.5. The molecule has 0 atom stereocenters. The first kappa shape index (κ1) is 25.6. The third-order valence-corrected chi connectivity index (χ3v) is 8.66. The van der Waals surface area contributed by atoms with E-state index in [1.807, 2.05) is 0 Å². The molecular weight excluding hydrogens is 384 g/mol. The van der Waals surface area contributed by atoms with Crippen molar-refractivity contribution in [2.24, 2.45) is 17.8 Å². The number of unbranched alkanes of at least 4 members (excludes halogenated alkanes) is 7. The second-order valence-electron chi connectivity index (χ2n) is 11.5. The minimum atomic E-state index is 0.810. The van der Waals surface area contributed by atoms with E-state index in [9.17, 15) is 0 Å². The van der Waals surface area contributed by atoms with Crippen LogP contribution in [0.2, 0.25) is 0 Å². The molecule has 2 aliphatic carbocycles. The SMILES string of the molecule is CCCCCCCCCCC1CCC(C2CCC(c3ccc(C=C(C)C)cc3)CC2)CC1. The van der Waals surface area contributed by atoms with Crippen molar-refractivity contribution >= 4 is 6.08 Å². The molecular formula is C32H52. The van der Waals surface area contributed by atoms with Gasteiger partial charge >= 0.3 is 0 Å². The van der Waals surface area contributed by atoms with Crippen LogP contribution < -0.4 is 0 Å². The molecule has 0 spiro atoms. The first-order valence-corrected chi connectivity index (χ1v) is 14.4. The summed E-state index contributed by atoms with van der Waals surface area (Å²) in [6, 6.07) is 9.44. The van der Waals surface area contributed by atoms with E-state index in [2.05, 4.69) is 51.1 Å². The Morgan fingerprint density at radius 2 is 1.22 bits per heavy atom. The Hall–Kier alpha value is -1.04. The summed E-state index contributed by atoms with van der Waals surface area (Å²) in [6.07, 6.45) is 27.5. The van der Waals surface area contributed by atoms with Gasteiger partial charge in [0.1, 0.15) is 0 Å². The van der Waals surface area contributed by atoms with Gasteiger partial charge in [-0.25, -0.2) is 0 Å². The van der Waals surface area contributed by atoms with Gasteiger partial charge in [0.2, 0.25) is 0 Å². The fourth-order valence-electron chi connectivity index (χ4n) is 6.64. The van der Waals surface area contributed by atoms with Gasteiger partial charge in [-0.2, -0.15) is 0 Å². The molecule has 0 amide bonds. The van der Waals surface area contributed by atoms with Gasteiger partial charge in [0.15, 0.2) is 0 Å². The molecule has 2 fully saturated rings. The van der Waals surface area contributed by atoms with Gasteiger partial charge in [-0.1, -0.05) is 113 Å². The first-order valence-electron chi connectivity index (χ1n) is 14.4. The molecule has 0 radical (unpaired) electrons. The van der Waals surface area contributed by atoms with Crippen molar-refractivity contribution in [2.75, 3.05) is 0 Å². The molecule has 0 aromatic heterocycles. The van der Waals surface area contributed by atoms with Crippen molar-refractivity contribution in [3.8, 4) is 0 Å². The molecule has 1 aromatic rings. The smallest absolute Gasteiger partial charge is 0.0162 e. The Morgan fingerprint density at radius 3 is 1.78 bits per heavy atom. The van der Waals surface area contributed by atoms with Gasteiger partial charge in [-0.05, 0) is 87.2 Å². The monoisotopic (exact) mass is 436 g/mol. The van der Waals surface area contributed by atoms with Crippen molar-refractivity contribution in [3.05, 3.63) is 41.0 Å². The van der Waals surface area contributed by atoms with Gasteiger partial charge < -0.3 is 0 Å². The van der Waals surface area contributed by atoms with E-state index in [0.717, 1.165) is 23.7 Å². The average Bonchev–Trinajstić information content (AvgIpc) is 2.81. The summed E-state index contributed by atoms with van der Waals surface area (Å²) < 4.78 is 0. The van der Waals surface area contributed by atoms with Gasteiger partial charge in [-0.3, -0.25) is 0 Å². The molecule has 2 aliphatic rings. The van der Waals surface area contributed by atoms with Crippen LogP contribution in [-0.4, -0.2) is 0 Å². The molecule has 0 heteroatoms. The highest BCUT2D eigenvalue weighted by Crippen LogP contribution is 2.44. The Morgan fingerprint density at radius 1 is 0.688 bits per heavy atom. The summed E-state index contributed by atoms with van der Waals surface area (Å²) in [5, 5.41) is 0. The number of benzene rings is 1. The number of rotatable bonds is 12. The van der Waals surface area contributed by atoms with E-state index in [4.69, 9.17) is 0 Å². The summed E-state index contributed by atoms with van der Waals surface area (Å²) >= 11 is 0. The Balaban J connectivity index is 1.28. The largest absolute Gasteiger partial charge is 0.0758 e. The van der Waals surface area contributed by atoms with Gasteiger partial charge in [0, 0.05) is 0 Å². The van der Waals surface area contributed by atoms with Gasteiger partial charge in [0.05, 0.1) is 0 Å². The standard InChI is InChI=1S/C32H52/c1-4-5-6-7-8-9-10-11-12-27-13-17-29(18-14-27)31-21-23-32(24-22-31)30-19-15-28(16-20-30)25-26(2)3/h15-16,19-20,25,27,29,31-32H,4-14,17-18,21-24H2,1-3H3. The Labute approximate surface area is 200 Å². The zero-order valence-corrected chi connectivity index (χ0v) is 21.7. The van der Waals surface area contributed by atoms with Crippen LogP contribution in [-0.2, 0) is 0 Å². The highest BCUT2D eigenvalue weighted by atomic mass is 14.4. The second kappa shape index (κ2) is 14.3. The maximum absolute atomic E-state index is 2.40. The zero-order chi connectivity index (χ0) is 22.6. The third kappa shape index (κ3) is 8.72. The normalized spacial score (nSPS) is 26.1. The van der Waals surface area contributed by atoms with Crippen molar-refractivity contribution in [1.82, 2.24) is 0 Å². The van der Waals surface area contributed by atoms with E-state index >= 15 is 0 Å². The molecule has 32 heavy (non-hydrogen) atoms. The molecule has 180 valence electrons. The molecule has 0 nitrogen and oxygen atoms in total. The lowest BCUT2D eigenvalue weighted by molar-refractivity contribution is 0.155. The highest BCUT2D eigenvalue weighted by Gasteiger charge is 2.31. The molecule has 3 rings (SSSR count). The molecule has 0 unspecified atom stereocenters. The average molecular weight is 437 g/mol. The minimum absolute atomic E-state index is 0.810. The van der Waals surface area contributed by atoms with E-state index in [1.54, 1.807) is 5.56 Å². The summed E-state index contributed by atoms with van der Waals surface area (Å²) in [7, 11) is 0. The fourth-order valence-corrected chi connectivity index (χ4v) is 6.64. The third-order valence-electron chi connectivity index (χ3n) is 8.66. The predicted octanol–water partition coefficient (Wildman–Crippen LogP) is 10.7. The predicted molar refractivity (Wildman–Crippen MR) is 143 cm³/mol. The molecule has 2 saturated carbocycles. The van der Waals surface area contributed by atoms with E-state index in [0.29, 0.717) is 0 Å². The minimum Gasteiger partial charge on any atom is -0.0758 e. The van der Waals surface area contributed by atoms with Crippen LogP contribution in [0.1, 0.15) is 147 Å². The summed E-state index contributed by atoms with van der Waals surface area (Å²) in [6.45, 7) is 6.67. The number of allylic oxidation sites excluding steroid dienone is 1. The maximum atomic E-state index is 2.40. The van der Waals surface area contributed by atoms with Crippen LogP contribution in [0.5, 0.6) is 0 Å². The van der Waals surface area contributed by atoms with Crippen molar-refractivity contribution in [2.45, 2.75) is 136 Å². The molecule has 0 bridgehead atoms. The van der Waals surface area contributed by atoms with E-state index < -0.39 is 0 Å². The summed E-state index contributed by atoms with van der Waals surface area (Å²) in [4.78, 5) is 0. The highest BCUT2D eigenvalue weighted by molar-refractivity contribution is 5.52. The molecule has 0 N–H and O–H groups in total. The van der Waals surface area contributed by atoms with Gasteiger partial charge in [-0.15, -0.1) is 0 Å². The van der Waals surface area contributed by atoms with Crippen LogP contribution in [0.3, 0.4) is 0 Å². The van der Waals surface area contributed by atoms with Crippen LogP contribution in [0.25, 0.3) is 6.08 Å². The fraction of sp³-hybridized carbons (Fsp3) is 0.750. The van der Waals surface area contributed by atoms with Gasteiger partial charge in [0.25, 0.3) is 0 Å². The number of hydrogen-bond donors (Lipinski definition) is 0. The van der Waals surface area contributed by atoms with Crippen molar-refractivity contribution in [3.63, 3.8) is 0 Å². The molecule has 0 saturated heterocycles. The van der Waals surface area contributed by atoms with Crippen molar-refractivity contribution in [1.29, 1.82) is 0 Å². The molecule has 0 heterocycles. The Kier molecular flexibility index (Phi) is 11.4. The summed E-state index contributed by atoms with van der Waals surface area (Å²) in [5.41, 5.74) is 4.32. The maximum Gasteiger partial charge on any atom is -0.0162 e. The lowest BCUT2D eigenvalue weighted by Gasteiger charge is -2.38. The quantitative estimate of drug-likeness (QED) is 0.286. The molecule has 0 aliphatic heterocycles. The van der Waals surface area contributed by atoms with E-state index in [-0.39, 0.29) is 0 Å². The van der Waals surface area contributed by atoms with Crippen LogP contribution in [0.4, 0.5) is 0 Å². The zero-order valence-electron chi connectivity index (χ0n) is 21.7. The van der Waals surface area contributed by atoms with Crippen LogP contribution >= 0.6 is 0 Å². The first-order chi connectivity index (χ1) is 15.7. The van der Waals surface area contributed by atoms with Crippen LogP contribution in [0, 0.1) is 17.8 Å². The van der Waals surface area contributed by atoms with E-state index in [1.165, 1.54) is 120 Å². The number of hydrogen-bond acceptors (Lipinski definition) is 0. The summed E-state index contributed by atoms with van der Waals surface area (Å²) in [5.74, 6) is 3.94. The van der Waals surface area contributed by atoms with Crippen LogP contribution in [0.15, 0.2) is 29.8 Å². The Bertz CT molecular complexity index is 631.